The van der Waals surface area contributed by atoms with Gasteiger partial charge in [0.2, 0.25) is 0 Å². The SMILES string of the molecule is OC[C@@H]1CN(CCOc2ccccc2)C[C@H](O)[C@H]1O. The van der Waals surface area contributed by atoms with E-state index in [9.17, 15) is 15.3 Å². The molecule has 1 heterocycles. The molecule has 3 atom stereocenters. The van der Waals surface area contributed by atoms with Gasteiger partial charge in [-0.05, 0) is 12.1 Å². The molecule has 5 nitrogen and oxygen atoms in total. The van der Waals surface area contributed by atoms with Crippen molar-refractivity contribution in [2.45, 2.75) is 12.2 Å². The van der Waals surface area contributed by atoms with Crippen molar-refractivity contribution >= 4 is 0 Å². The van der Waals surface area contributed by atoms with E-state index >= 15 is 0 Å². The standard InChI is InChI=1S/C14H21NO4/c16-10-11-8-15(9-13(17)14(11)18)6-7-19-12-4-2-1-3-5-12/h1-5,11,13-14,16-18H,6-10H2/t11-,13-,14-/m0/s1. The topological polar surface area (TPSA) is 73.2 Å². The fourth-order valence-electron chi connectivity index (χ4n) is 2.36. The Kier molecular flexibility index (Phi) is 5.15. The Morgan fingerprint density at radius 3 is 2.58 bits per heavy atom. The van der Waals surface area contributed by atoms with Crippen LogP contribution in [0.15, 0.2) is 30.3 Å². The molecule has 1 aromatic carbocycles. The fraction of sp³-hybridized carbons (Fsp3) is 0.571. The van der Waals surface area contributed by atoms with Crippen molar-refractivity contribution in [1.82, 2.24) is 4.90 Å². The van der Waals surface area contributed by atoms with Gasteiger partial charge in [-0.2, -0.15) is 0 Å². The highest BCUT2D eigenvalue weighted by atomic mass is 16.5. The molecule has 3 N–H and O–H groups in total. The highest BCUT2D eigenvalue weighted by molar-refractivity contribution is 5.20. The summed E-state index contributed by atoms with van der Waals surface area (Å²) in [4.78, 5) is 2.00. The molecule has 1 aliphatic heterocycles. The van der Waals surface area contributed by atoms with Gasteiger partial charge in [0.05, 0.1) is 12.2 Å². The van der Waals surface area contributed by atoms with Crippen molar-refractivity contribution in [2.24, 2.45) is 5.92 Å². The molecule has 1 saturated heterocycles. The molecular formula is C14H21NO4. The minimum atomic E-state index is -0.837. The van der Waals surface area contributed by atoms with Crippen molar-refractivity contribution in [1.29, 1.82) is 0 Å². The van der Waals surface area contributed by atoms with Gasteiger partial charge in [-0.3, -0.25) is 4.90 Å². The van der Waals surface area contributed by atoms with Gasteiger partial charge in [0.25, 0.3) is 0 Å². The van der Waals surface area contributed by atoms with Crippen LogP contribution in [0.4, 0.5) is 0 Å². The lowest BCUT2D eigenvalue weighted by molar-refractivity contribution is -0.0874. The third-order valence-electron chi connectivity index (χ3n) is 3.47. The second kappa shape index (κ2) is 6.86. The van der Waals surface area contributed by atoms with E-state index in [0.29, 0.717) is 26.2 Å². The smallest absolute Gasteiger partial charge is 0.119 e. The van der Waals surface area contributed by atoms with Gasteiger partial charge >= 0.3 is 0 Å². The van der Waals surface area contributed by atoms with Gasteiger partial charge < -0.3 is 20.1 Å². The molecule has 0 amide bonds. The molecule has 0 spiro atoms. The summed E-state index contributed by atoms with van der Waals surface area (Å²) in [5.74, 6) is 0.527. The van der Waals surface area contributed by atoms with E-state index in [2.05, 4.69) is 0 Å². The predicted octanol–water partition coefficient (Wildman–Crippen LogP) is -0.289. The van der Waals surface area contributed by atoms with Gasteiger partial charge in [-0.25, -0.2) is 0 Å². The maximum absolute atomic E-state index is 9.72. The third-order valence-corrected chi connectivity index (χ3v) is 3.47. The fourth-order valence-corrected chi connectivity index (χ4v) is 2.36. The van der Waals surface area contributed by atoms with Crippen molar-refractivity contribution < 1.29 is 20.1 Å². The number of likely N-dealkylation sites (tertiary alicyclic amines) is 1. The highest BCUT2D eigenvalue weighted by Crippen LogP contribution is 2.17. The Morgan fingerprint density at radius 2 is 1.89 bits per heavy atom. The summed E-state index contributed by atoms with van der Waals surface area (Å²) < 4.78 is 5.59. The van der Waals surface area contributed by atoms with E-state index in [-0.39, 0.29) is 12.5 Å². The Bertz CT molecular complexity index is 373. The number of para-hydroxylation sites is 1. The maximum atomic E-state index is 9.72. The molecular weight excluding hydrogens is 246 g/mol. The highest BCUT2D eigenvalue weighted by Gasteiger charge is 2.33. The molecule has 0 saturated carbocycles. The third kappa shape index (κ3) is 3.91. The second-order valence-corrected chi connectivity index (χ2v) is 4.92. The first-order valence-corrected chi connectivity index (χ1v) is 6.58. The van der Waals surface area contributed by atoms with Crippen LogP contribution in [0, 0.1) is 5.92 Å². The van der Waals surface area contributed by atoms with Gasteiger partial charge in [0.15, 0.2) is 0 Å². The predicted molar refractivity (Wildman–Crippen MR) is 71.0 cm³/mol. The van der Waals surface area contributed by atoms with Gasteiger partial charge in [0, 0.05) is 32.2 Å². The van der Waals surface area contributed by atoms with E-state index in [1.54, 1.807) is 0 Å². The lowest BCUT2D eigenvalue weighted by atomic mass is 9.93. The second-order valence-electron chi connectivity index (χ2n) is 4.92. The van der Waals surface area contributed by atoms with Crippen LogP contribution < -0.4 is 4.74 Å². The summed E-state index contributed by atoms with van der Waals surface area (Å²) in [5, 5.41) is 28.6. The van der Waals surface area contributed by atoms with Crippen molar-refractivity contribution in [2.75, 3.05) is 32.8 Å². The lowest BCUT2D eigenvalue weighted by Gasteiger charge is -2.38. The largest absolute Gasteiger partial charge is 0.492 e. The van der Waals surface area contributed by atoms with Crippen LogP contribution in [0.5, 0.6) is 5.75 Å². The van der Waals surface area contributed by atoms with Crippen LogP contribution in [0.3, 0.4) is 0 Å². The first-order valence-electron chi connectivity index (χ1n) is 6.58. The van der Waals surface area contributed by atoms with Crippen LogP contribution in [0.2, 0.25) is 0 Å². The monoisotopic (exact) mass is 267 g/mol. The zero-order valence-electron chi connectivity index (χ0n) is 10.9. The van der Waals surface area contributed by atoms with Gasteiger partial charge in [0.1, 0.15) is 12.4 Å². The van der Waals surface area contributed by atoms with Crippen molar-refractivity contribution in [3.05, 3.63) is 30.3 Å². The summed E-state index contributed by atoms with van der Waals surface area (Å²) in [6.07, 6.45) is -1.64. The minimum Gasteiger partial charge on any atom is -0.492 e. The van der Waals surface area contributed by atoms with Crippen LogP contribution in [0.25, 0.3) is 0 Å². The molecule has 0 aromatic heterocycles. The Hall–Kier alpha value is -1.14. The average Bonchev–Trinajstić information content (AvgIpc) is 2.43. The number of hydrogen-bond donors (Lipinski definition) is 3. The molecule has 19 heavy (non-hydrogen) atoms. The first kappa shape index (κ1) is 14.3. The van der Waals surface area contributed by atoms with E-state index in [0.717, 1.165) is 5.75 Å². The van der Waals surface area contributed by atoms with Crippen LogP contribution >= 0.6 is 0 Å². The Balaban J connectivity index is 1.77. The zero-order valence-corrected chi connectivity index (χ0v) is 10.9. The summed E-state index contributed by atoms with van der Waals surface area (Å²) in [5.41, 5.74) is 0. The molecule has 0 aliphatic carbocycles. The molecule has 0 unspecified atom stereocenters. The Labute approximate surface area is 113 Å². The van der Waals surface area contributed by atoms with Crippen LogP contribution in [0.1, 0.15) is 0 Å². The normalized spacial score (nSPS) is 28.3. The zero-order chi connectivity index (χ0) is 13.7. The van der Waals surface area contributed by atoms with E-state index in [1.165, 1.54) is 0 Å². The maximum Gasteiger partial charge on any atom is 0.119 e. The van der Waals surface area contributed by atoms with Crippen LogP contribution in [-0.4, -0.2) is 65.3 Å². The summed E-state index contributed by atoms with van der Waals surface area (Å²) in [6, 6.07) is 9.55. The molecule has 2 rings (SSSR count). The molecule has 0 radical (unpaired) electrons. The average molecular weight is 267 g/mol. The van der Waals surface area contributed by atoms with Gasteiger partial charge in [-0.15, -0.1) is 0 Å². The number of piperidine rings is 1. The number of hydrogen-bond acceptors (Lipinski definition) is 5. The number of aliphatic hydroxyl groups is 3. The van der Waals surface area contributed by atoms with Crippen LogP contribution in [-0.2, 0) is 0 Å². The van der Waals surface area contributed by atoms with E-state index < -0.39 is 12.2 Å². The summed E-state index contributed by atoms with van der Waals surface area (Å²) in [6.45, 7) is 2.05. The minimum absolute atomic E-state index is 0.117. The molecule has 1 fully saturated rings. The van der Waals surface area contributed by atoms with Gasteiger partial charge in [-0.1, -0.05) is 18.2 Å². The Morgan fingerprint density at radius 1 is 1.16 bits per heavy atom. The van der Waals surface area contributed by atoms with E-state index in [1.807, 2.05) is 35.2 Å². The first-order chi connectivity index (χ1) is 9.20. The molecule has 1 aliphatic rings. The van der Waals surface area contributed by atoms with E-state index in [4.69, 9.17) is 4.74 Å². The summed E-state index contributed by atoms with van der Waals surface area (Å²) >= 11 is 0. The number of ether oxygens (including phenoxy) is 1. The number of benzene rings is 1. The number of β-amino-alcohol motifs (C(OH)–C–C–N with tert-alkyl or cyclic N) is 1. The number of aliphatic hydroxyl groups excluding tert-OH is 3. The van der Waals surface area contributed by atoms with Crippen molar-refractivity contribution in [3.8, 4) is 5.75 Å². The summed E-state index contributed by atoms with van der Waals surface area (Å²) in [7, 11) is 0. The molecule has 5 heteroatoms. The van der Waals surface area contributed by atoms with Crippen molar-refractivity contribution in [3.63, 3.8) is 0 Å². The molecule has 106 valence electrons. The lowest BCUT2D eigenvalue weighted by Crippen LogP contribution is -2.54. The molecule has 1 aromatic rings. The number of rotatable bonds is 5. The quantitative estimate of drug-likeness (QED) is 0.684. The number of nitrogens with zero attached hydrogens (tertiary/aromatic N) is 1. The molecule has 0 bridgehead atoms.